The van der Waals surface area contributed by atoms with Crippen LogP contribution in [0.3, 0.4) is 0 Å². The van der Waals surface area contributed by atoms with Crippen LogP contribution in [0, 0.1) is 0 Å². The van der Waals surface area contributed by atoms with Gasteiger partial charge < -0.3 is 20.5 Å². The number of aliphatic hydroxyl groups is 1. The summed E-state index contributed by atoms with van der Waals surface area (Å²) >= 11 is 5.86. The molecule has 0 bridgehead atoms. The molecular weight excluding hydrogens is 316 g/mol. The van der Waals surface area contributed by atoms with Gasteiger partial charge in [-0.05, 0) is 23.8 Å². The molecule has 2 amide bonds. The quantitative estimate of drug-likeness (QED) is 0.682. The highest BCUT2D eigenvalue weighted by Crippen LogP contribution is 2.16. The van der Waals surface area contributed by atoms with Gasteiger partial charge in [0.25, 0.3) is 0 Å². The molecule has 0 heterocycles. The Morgan fingerprint density at radius 1 is 1.17 bits per heavy atom. The maximum absolute atomic E-state index is 11.8. The molecule has 6 heteroatoms. The fraction of sp³-hybridized carbons (Fsp3) is 0.235. The topological polar surface area (TPSA) is 70.6 Å². The lowest BCUT2D eigenvalue weighted by Gasteiger charge is -2.17. The number of nitrogens with one attached hydrogen (secondary N) is 2. The SMILES string of the molecule is O=C(NCCOc1cccc(Cl)c1)NC(CO)c1ccccc1. The van der Waals surface area contributed by atoms with Gasteiger partial charge in [-0.3, -0.25) is 0 Å². The lowest BCUT2D eigenvalue weighted by Crippen LogP contribution is -2.40. The lowest BCUT2D eigenvalue weighted by molar-refractivity contribution is 0.214. The molecule has 2 rings (SSSR count). The number of ether oxygens (including phenoxy) is 1. The number of aliphatic hydroxyl groups excluding tert-OH is 1. The van der Waals surface area contributed by atoms with Crippen LogP contribution in [0.5, 0.6) is 5.75 Å². The molecule has 122 valence electrons. The average Bonchev–Trinajstić information content (AvgIpc) is 2.57. The second-order valence-electron chi connectivity index (χ2n) is 4.85. The summed E-state index contributed by atoms with van der Waals surface area (Å²) in [7, 11) is 0. The van der Waals surface area contributed by atoms with E-state index in [-0.39, 0.29) is 12.6 Å². The molecule has 0 saturated carbocycles. The molecule has 0 spiro atoms. The van der Waals surface area contributed by atoms with E-state index in [2.05, 4.69) is 10.6 Å². The molecule has 0 aliphatic heterocycles. The van der Waals surface area contributed by atoms with Crippen molar-refractivity contribution < 1.29 is 14.6 Å². The van der Waals surface area contributed by atoms with Crippen LogP contribution in [-0.2, 0) is 0 Å². The van der Waals surface area contributed by atoms with Gasteiger partial charge in [-0.1, -0.05) is 48.0 Å². The van der Waals surface area contributed by atoms with Gasteiger partial charge in [-0.2, -0.15) is 0 Å². The van der Waals surface area contributed by atoms with E-state index >= 15 is 0 Å². The molecule has 23 heavy (non-hydrogen) atoms. The summed E-state index contributed by atoms with van der Waals surface area (Å²) < 4.78 is 5.48. The number of hydrogen-bond acceptors (Lipinski definition) is 3. The third-order valence-electron chi connectivity index (χ3n) is 3.14. The van der Waals surface area contributed by atoms with E-state index in [0.717, 1.165) is 5.56 Å². The highest BCUT2D eigenvalue weighted by molar-refractivity contribution is 6.30. The molecule has 2 aromatic rings. The smallest absolute Gasteiger partial charge is 0.315 e. The highest BCUT2D eigenvalue weighted by Gasteiger charge is 2.12. The molecule has 0 saturated heterocycles. The minimum Gasteiger partial charge on any atom is -0.492 e. The Hall–Kier alpha value is -2.24. The molecule has 0 aliphatic carbocycles. The van der Waals surface area contributed by atoms with Crippen LogP contribution >= 0.6 is 11.6 Å². The van der Waals surface area contributed by atoms with Gasteiger partial charge >= 0.3 is 6.03 Å². The fourth-order valence-corrected chi connectivity index (χ4v) is 2.20. The van der Waals surface area contributed by atoms with Crippen molar-refractivity contribution >= 4 is 17.6 Å². The van der Waals surface area contributed by atoms with E-state index < -0.39 is 6.04 Å². The molecule has 1 unspecified atom stereocenters. The molecular formula is C17H19ClN2O3. The fourth-order valence-electron chi connectivity index (χ4n) is 2.02. The zero-order valence-electron chi connectivity index (χ0n) is 12.5. The summed E-state index contributed by atoms with van der Waals surface area (Å²) in [5.74, 6) is 0.650. The predicted molar refractivity (Wildman–Crippen MR) is 89.8 cm³/mol. The second kappa shape index (κ2) is 9.02. The largest absolute Gasteiger partial charge is 0.492 e. The average molecular weight is 335 g/mol. The molecule has 0 aromatic heterocycles. The first-order valence-corrected chi connectivity index (χ1v) is 7.65. The number of benzene rings is 2. The van der Waals surface area contributed by atoms with Crippen molar-refractivity contribution in [3.63, 3.8) is 0 Å². The van der Waals surface area contributed by atoms with E-state index in [1.807, 2.05) is 30.3 Å². The zero-order chi connectivity index (χ0) is 16.5. The molecule has 0 radical (unpaired) electrons. The first-order valence-electron chi connectivity index (χ1n) is 7.27. The number of carbonyl (C=O) groups excluding carboxylic acids is 1. The minimum atomic E-state index is -0.440. The Kier molecular flexibility index (Phi) is 6.72. The van der Waals surface area contributed by atoms with Gasteiger partial charge in [0.1, 0.15) is 12.4 Å². The molecule has 3 N–H and O–H groups in total. The van der Waals surface area contributed by atoms with Gasteiger partial charge in [0.15, 0.2) is 0 Å². The van der Waals surface area contributed by atoms with Crippen LogP contribution in [0.1, 0.15) is 11.6 Å². The Labute approximate surface area is 140 Å². The summed E-state index contributed by atoms with van der Waals surface area (Å²) in [5, 5.41) is 15.4. The summed E-state index contributed by atoms with van der Waals surface area (Å²) in [6.45, 7) is 0.491. The summed E-state index contributed by atoms with van der Waals surface area (Å²) in [4.78, 5) is 11.8. The van der Waals surface area contributed by atoms with Crippen molar-refractivity contribution in [1.82, 2.24) is 10.6 Å². The standard InChI is InChI=1S/C17H19ClN2O3/c18-14-7-4-8-15(11-14)23-10-9-19-17(22)20-16(12-21)13-5-2-1-3-6-13/h1-8,11,16,21H,9-10,12H2,(H2,19,20,22). The molecule has 0 aliphatic rings. The summed E-state index contributed by atoms with van der Waals surface area (Å²) in [6.07, 6.45) is 0. The third-order valence-corrected chi connectivity index (χ3v) is 3.38. The first-order chi connectivity index (χ1) is 11.2. The van der Waals surface area contributed by atoms with Gasteiger partial charge in [-0.15, -0.1) is 0 Å². The summed E-state index contributed by atoms with van der Waals surface area (Å²) in [6, 6.07) is 15.6. The molecule has 1 atom stereocenters. The van der Waals surface area contributed by atoms with Gasteiger partial charge in [-0.25, -0.2) is 4.79 Å². The van der Waals surface area contributed by atoms with Crippen LogP contribution < -0.4 is 15.4 Å². The van der Waals surface area contributed by atoms with E-state index in [4.69, 9.17) is 16.3 Å². The Bertz CT molecular complexity index is 622. The Morgan fingerprint density at radius 2 is 1.96 bits per heavy atom. The van der Waals surface area contributed by atoms with E-state index in [9.17, 15) is 9.90 Å². The van der Waals surface area contributed by atoms with Crippen molar-refractivity contribution in [2.24, 2.45) is 0 Å². The minimum absolute atomic E-state index is 0.170. The van der Waals surface area contributed by atoms with Crippen LogP contribution in [0.2, 0.25) is 5.02 Å². The maximum Gasteiger partial charge on any atom is 0.315 e. The number of hydrogen-bond donors (Lipinski definition) is 3. The number of halogens is 1. The monoisotopic (exact) mass is 334 g/mol. The van der Waals surface area contributed by atoms with Gasteiger partial charge in [0.05, 0.1) is 19.2 Å². The maximum atomic E-state index is 11.8. The zero-order valence-corrected chi connectivity index (χ0v) is 13.3. The lowest BCUT2D eigenvalue weighted by atomic mass is 10.1. The predicted octanol–water partition coefficient (Wildman–Crippen LogP) is 2.75. The first kappa shape index (κ1) is 17.1. The van der Waals surface area contributed by atoms with Crippen LogP contribution in [-0.4, -0.2) is 30.9 Å². The number of carbonyl (C=O) groups is 1. The highest BCUT2D eigenvalue weighted by atomic mass is 35.5. The Morgan fingerprint density at radius 3 is 2.65 bits per heavy atom. The molecule has 0 fully saturated rings. The van der Waals surface area contributed by atoms with Crippen molar-refractivity contribution in [2.75, 3.05) is 19.8 Å². The Balaban J connectivity index is 1.72. The van der Waals surface area contributed by atoms with E-state index in [1.165, 1.54) is 0 Å². The van der Waals surface area contributed by atoms with E-state index in [1.54, 1.807) is 24.3 Å². The van der Waals surface area contributed by atoms with Crippen LogP contribution in [0.4, 0.5) is 4.79 Å². The van der Waals surface area contributed by atoms with Gasteiger partial charge in [0.2, 0.25) is 0 Å². The molecule has 2 aromatic carbocycles. The number of rotatable bonds is 7. The second-order valence-corrected chi connectivity index (χ2v) is 5.29. The third kappa shape index (κ3) is 5.81. The normalized spacial score (nSPS) is 11.6. The molecule has 5 nitrogen and oxygen atoms in total. The summed E-state index contributed by atoms with van der Waals surface area (Å²) in [5.41, 5.74) is 0.848. The van der Waals surface area contributed by atoms with Crippen LogP contribution in [0.15, 0.2) is 54.6 Å². The van der Waals surface area contributed by atoms with Crippen LogP contribution in [0.25, 0.3) is 0 Å². The number of amides is 2. The van der Waals surface area contributed by atoms with Crippen molar-refractivity contribution in [1.29, 1.82) is 0 Å². The van der Waals surface area contributed by atoms with Crippen molar-refractivity contribution in [3.8, 4) is 5.75 Å². The van der Waals surface area contributed by atoms with E-state index in [0.29, 0.717) is 23.9 Å². The van der Waals surface area contributed by atoms with Crippen molar-refractivity contribution in [3.05, 3.63) is 65.2 Å². The van der Waals surface area contributed by atoms with Gasteiger partial charge in [0, 0.05) is 5.02 Å². The van der Waals surface area contributed by atoms with Crippen molar-refractivity contribution in [2.45, 2.75) is 6.04 Å². The number of urea groups is 1.